The first-order valence-corrected chi connectivity index (χ1v) is 7.66. The smallest absolute Gasteiger partial charge is 0.272 e. The molecule has 3 fully saturated rings. The third-order valence-electron chi connectivity index (χ3n) is 5.29. The van der Waals surface area contributed by atoms with Gasteiger partial charge in [0.1, 0.15) is 5.82 Å². The Morgan fingerprint density at radius 1 is 1.25 bits per heavy atom. The van der Waals surface area contributed by atoms with E-state index in [2.05, 4.69) is 20.8 Å². The Bertz CT molecular complexity index is 513. The highest BCUT2D eigenvalue weighted by Gasteiger charge is 2.65. The van der Waals surface area contributed by atoms with Crippen molar-refractivity contribution in [1.29, 1.82) is 0 Å². The van der Waals surface area contributed by atoms with Gasteiger partial charge in [0.2, 0.25) is 0 Å². The minimum absolute atomic E-state index is 0.0700. The minimum Gasteiger partial charge on any atom is -0.369 e. The molecule has 3 saturated carbocycles. The van der Waals surface area contributed by atoms with Gasteiger partial charge in [-0.05, 0) is 62.0 Å². The second-order valence-electron chi connectivity index (χ2n) is 6.32. The third kappa shape index (κ3) is 1.79. The summed E-state index contributed by atoms with van der Waals surface area (Å²) in [5, 5.41) is 14.2. The maximum Gasteiger partial charge on any atom is 0.272 e. The summed E-state index contributed by atoms with van der Waals surface area (Å²) in [5.74, 6) is 3.90. The molecular weight excluding hydrogens is 252 g/mol. The molecule has 4 atom stereocenters. The maximum atomic E-state index is 12.2. The molecule has 4 rings (SSSR count). The molecule has 5 nitrogen and oxygen atoms in total. The van der Waals surface area contributed by atoms with E-state index in [9.17, 15) is 4.79 Å². The van der Waals surface area contributed by atoms with E-state index in [4.69, 9.17) is 0 Å². The number of anilines is 1. The van der Waals surface area contributed by atoms with E-state index in [0.29, 0.717) is 17.6 Å². The Morgan fingerprint density at radius 2 is 2.00 bits per heavy atom. The average molecular weight is 272 g/mol. The third-order valence-corrected chi connectivity index (χ3v) is 5.29. The van der Waals surface area contributed by atoms with E-state index in [1.807, 2.05) is 13.0 Å². The SMILES string of the molecule is CCNc1ccc(C(=O)NC2C3C4CCC(C4)C23)nn1. The number of aromatic nitrogens is 2. The summed E-state index contributed by atoms with van der Waals surface area (Å²) in [7, 11) is 0. The first kappa shape index (κ1) is 12.1. The lowest BCUT2D eigenvalue weighted by Gasteiger charge is -2.10. The Labute approximate surface area is 118 Å². The summed E-state index contributed by atoms with van der Waals surface area (Å²) < 4.78 is 0. The zero-order valence-electron chi connectivity index (χ0n) is 11.7. The Hall–Kier alpha value is -1.65. The molecule has 0 radical (unpaired) electrons. The molecule has 106 valence electrons. The fourth-order valence-corrected chi connectivity index (χ4v) is 4.47. The molecule has 3 aliphatic carbocycles. The number of carbonyl (C=O) groups is 1. The normalized spacial score (nSPS) is 36.5. The van der Waals surface area contributed by atoms with Gasteiger partial charge in [0.25, 0.3) is 5.91 Å². The second-order valence-corrected chi connectivity index (χ2v) is 6.32. The fraction of sp³-hybridized carbons (Fsp3) is 0.667. The number of nitrogens with one attached hydrogen (secondary N) is 2. The van der Waals surface area contributed by atoms with Crippen LogP contribution in [0.4, 0.5) is 5.82 Å². The van der Waals surface area contributed by atoms with Crippen molar-refractivity contribution >= 4 is 11.7 Å². The first-order valence-electron chi connectivity index (χ1n) is 7.66. The monoisotopic (exact) mass is 272 g/mol. The van der Waals surface area contributed by atoms with Crippen LogP contribution in [-0.4, -0.2) is 28.7 Å². The molecule has 0 aliphatic heterocycles. The van der Waals surface area contributed by atoms with Gasteiger partial charge in [-0.15, -0.1) is 10.2 Å². The number of hydrogen-bond donors (Lipinski definition) is 2. The molecular formula is C15H20N4O. The average Bonchev–Trinajstić information content (AvgIpc) is 2.85. The van der Waals surface area contributed by atoms with Gasteiger partial charge in [-0.25, -0.2) is 0 Å². The minimum atomic E-state index is -0.0700. The first-order chi connectivity index (χ1) is 9.78. The molecule has 2 N–H and O–H groups in total. The van der Waals surface area contributed by atoms with E-state index in [0.717, 1.165) is 30.2 Å². The number of carbonyl (C=O) groups excluding carboxylic acids is 1. The van der Waals surface area contributed by atoms with Gasteiger partial charge in [0.05, 0.1) is 0 Å². The summed E-state index contributed by atoms with van der Waals surface area (Å²) in [4.78, 5) is 12.2. The lowest BCUT2D eigenvalue weighted by atomic mass is 10.0. The van der Waals surface area contributed by atoms with E-state index in [-0.39, 0.29) is 5.91 Å². The topological polar surface area (TPSA) is 66.9 Å². The molecule has 1 aromatic heterocycles. The fourth-order valence-electron chi connectivity index (χ4n) is 4.47. The molecule has 0 aromatic carbocycles. The highest BCUT2D eigenvalue weighted by molar-refractivity contribution is 5.92. The van der Waals surface area contributed by atoms with Crippen LogP contribution in [0.3, 0.4) is 0 Å². The van der Waals surface area contributed by atoms with Crippen molar-refractivity contribution in [2.75, 3.05) is 11.9 Å². The molecule has 4 unspecified atom stereocenters. The van der Waals surface area contributed by atoms with Crippen molar-refractivity contribution in [3.63, 3.8) is 0 Å². The van der Waals surface area contributed by atoms with Crippen molar-refractivity contribution in [3.05, 3.63) is 17.8 Å². The van der Waals surface area contributed by atoms with Gasteiger partial charge in [-0.1, -0.05) is 0 Å². The van der Waals surface area contributed by atoms with E-state index in [1.54, 1.807) is 6.07 Å². The van der Waals surface area contributed by atoms with Crippen LogP contribution in [0.25, 0.3) is 0 Å². The van der Waals surface area contributed by atoms with E-state index in [1.165, 1.54) is 19.3 Å². The van der Waals surface area contributed by atoms with Crippen LogP contribution in [0, 0.1) is 23.7 Å². The lowest BCUT2D eigenvalue weighted by molar-refractivity contribution is 0.0938. The quantitative estimate of drug-likeness (QED) is 0.875. The Kier molecular flexibility index (Phi) is 2.69. The number of hydrogen-bond acceptors (Lipinski definition) is 4. The summed E-state index contributed by atoms with van der Waals surface area (Å²) in [6.45, 7) is 2.80. The summed E-state index contributed by atoms with van der Waals surface area (Å²) in [6.07, 6.45) is 4.14. The van der Waals surface area contributed by atoms with Crippen LogP contribution < -0.4 is 10.6 Å². The van der Waals surface area contributed by atoms with Crippen LogP contribution >= 0.6 is 0 Å². The van der Waals surface area contributed by atoms with Crippen molar-refractivity contribution in [1.82, 2.24) is 15.5 Å². The number of amides is 1. The summed E-state index contributed by atoms with van der Waals surface area (Å²) in [6, 6.07) is 3.96. The lowest BCUT2D eigenvalue weighted by Crippen LogP contribution is -2.30. The standard InChI is InChI=1S/C15H20N4O/c1-2-16-11-6-5-10(18-19-11)15(20)17-14-12-8-3-4-9(7-8)13(12)14/h5-6,8-9,12-14H,2-4,7H2,1H3,(H,16,19)(H,17,20). The zero-order chi connectivity index (χ0) is 13.7. The van der Waals surface area contributed by atoms with Crippen LogP contribution in [-0.2, 0) is 0 Å². The summed E-state index contributed by atoms with van der Waals surface area (Å²) >= 11 is 0. The zero-order valence-corrected chi connectivity index (χ0v) is 11.7. The van der Waals surface area contributed by atoms with Crippen molar-refractivity contribution in [2.45, 2.75) is 32.2 Å². The van der Waals surface area contributed by atoms with E-state index >= 15 is 0 Å². The predicted octanol–water partition coefficient (Wildman–Crippen LogP) is 1.68. The number of nitrogens with zero attached hydrogens (tertiary/aromatic N) is 2. The molecule has 5 heteroatoms. The Morgan fingerprint density at radius 3 is 2.60 bits per heavy atom. The molecule has 3 aliphatic rings. The molecule has 0 saturated heterocycles. The van der Waals surface area contributed by atoms with Crippen molar-refractivity contribution in [2.24, 2.45) is 23.7 Å². The molecule has 2 bridgehead atoms. The molecule has 1 heterocycles. The second kappa shape index (κ2) is 4.43. The van der Waals surface area contributed by atoms with Gasteiger partial charge >= 0.3 is 0 Å². The van der Waals surface area contributed by atoms with Gasteiger partial charge in [-0.2, -0.15) is 0 Å². The van der Waals surface area contributed by atoms with Gasteiger partial charge < -0.3 is 10.6 Å². The highest BCUT2D eigenvalue weighted by atomic mass is 16.2. The van der Waals surface area contributed by atoms with Crippen LogP contribution in [0.5, 0.6) is 0 Å². The van der Waals surface area contributed by atoms with Gasteiger partial charge in [0.15, 0.2) is 5.69 Å². The van der Waals surface area contributed by atoms with Gasteiger partial charge in [0, 0.05) is 12.6 Å². The van der Waals surface area contributed by atoms with Crippen LogP contribution in [0.15, 0.2) is 12.1 Å². The van der Waals surface area contributed by atoms with Crippen LogP contribution in [0.1, 0.15) is 36.7 Å². The highest BCUT2D eigenvalue weighted by Crippen LogP contribution is 2.65. The van der Waals surface area contributed by atoms with Crippen molar-refractivity contribution in [3.8, 4) is 0 Å². The van der Waals surface area contributed by atoms with Crippen molar-refractivity contribution < 1.29 is 4.79 Å². The Balaban J connectivity index is 1.39. The molecule has 1 amide bonds. The maximum absolute atomic E-state index is 12.2. The van der Waals surface area contributed by atoms with Gasteiger partial charge in [-0.3, -0.25) is 4.79 Å². The molecule has 1 aromatic rings. The largest absolute Gasteiger partial charge is 0.369 e. The predicted molar refractivity (Wildman–Crippen MR) is 75.3 cm³/mol. The number of rotatable bonds is 4. The van der Waals surface area contributed by atoms with E-state index < -0.39 is 0 Å². The number of fused-ring (bicyclic) bond motifs is 5. The molecule has 0 spiro atoms. The molecule has 20 heavy (non-hydrogen) atoms. The summed E-state index contributed by atoms with van der Waals surface area (Å²) in [5.41, 5.74) is 0.420. The van der Waals surface area contributed by atoms with Crippen LogP contribution in [0.2, 0.25) is 0 Å².